The lowest BCUT2D eigenvalue weighted by Crippen LogP contribution is -2.36. The molecule has 0 bridgehead atoms. The van der Waals surface area contributed by atoms with Gasteiger partial charge in [0.15, 0.2) is 0 Å². The van der Waals surface area contributed by atoms with Crippen LogP contribution in [0.5, 0.6) is 0 Å². The smallest absolute Gasteiger partial charge is 0.304 e. The van der Waals surface area contributed by atoms with Crippen molar-refractivity contribution in [3.63, 3.8) is 0 Å². The molecule has 1 unspecified atom stereocenters. The van der Waals surface area contributed by atoms with Crippen LogP contribution in [0.1, 0.15) is 30.9 Å². The maximum absolute atomic E-state index is 12.1. The number of aryl methyl sites for hydroxylation is 1. The zero-order chi connectivity index (χ0) is 15.3. The SMILES string of the molecule is CCC(CC(=O)O)NS(=O)(=O)c1ccc(C#N)c(C)c1. The van der Waals surface area contributed by atoms with E-state index in [0.29, 0.717) is 17.5 Å². The maximum atomic E-state index is 12.1. The van der Waals surface area contributed by atoms with E-state index in [9.17, 15) is 13.2 Å². The van der Waals surface area contributed by atoms with Gasteiger partial charge in [-0.2, -0.15) is 5.26 Å². The van der Waals surface area contributed by atoms with Crippen LogP contribution < -0.4 is 4.72 Å². The second kappa shape index (κ2) is 6.50. The van der Waals surface area contributed by atoms with Crippen molar-refractivity contribution >= 4 is 16.0 Å². The number of aliphatic carboxylic acids is 1. The van der Waals surface area contributed by atoms with Crippen LogP contribution in [0.3, 0.4) is 0 Å². The van der Waals surface area contributed by atoms with Crippen LogP contribution in [0, 0.1) is 18.3 Å². The molecule has 0 aliphatic heterocycles. The van der Waals surface area contributed by atoms with Crippen molar-refractivity contribution in [1.29, 1.82) is 5.26 Å². The molecule has 0 heterocycles. The first kappa shape index (κ1) is 16.1. The Balaban J connectivity index is 3.02. The van der Waals surface area contributed by atoms with E-state index in [1.807, 2.05) is 6.07 Å². The van der Waals surface area contributed by atoms with Gasteiger partial charge in [-0.25, -0.2) is 13.1 Å². The Morgan fingerprint density at radius 1 is 1.50 bits per heavy atom. The Morgan fingerprint density at radius 3 is 2.60 bits per heavy atom. The number of carboxylic acid groups (broad SMARTS) is 1. The van der Waals surface area contributed by atoms with E-state index in [2.05, 4.69) is 4.72 Å². The average molecular weight is 296 g/mol. The number of hydrogen-bond donors (Lipinski definition) is 2. The van der Waals surface area contributed by atoms with Gasteiger partial charge in [0.1, 0.15) is 0 Å². The molecular weight excluding hydrogens is 280 g/mol. The van der Waals surface area contributed by atoms with Gasteiger partial charge in [-0.05, 0) is 37.1 Å². The van der Waals surface area contributed by atoms with E-state index in [0.717, 1.165) is 0 Å². The molecule has 0 saturated carbocycles. The first-order valence-corrected chi connectivity index (χ1v) is 7.53. The number of hydrogen-bond acceptors (Lipinski definition) is 4. The van der Waals surface area contributed by atoms with E-state index >= 15 is 0 Å². The fourth-order valence-electron chi connectivity index (χ4n) is 1.70. The third-order valence-electron chi connectivity index (χ3n) is 2.86. The summed E-state index contributed by atoms with van der Waals surface area (Å²) in [5.41, 5.74) is 0.961. The minimum absolute atomic E-state index is 0.0258. The highest BCUT2D eigenvalue weighted by Gasteiger charge is 2.21. The molecule has 0 saturated heterocycles. The summed E-state index contributed by atoms with van der Waals surface area (Å²) in [7, 11) is -3.79. The number of benzene rings is 1. The fourth-order valence-corrected chi connectivity index (χ4v) is 3.10. The summed E-state index contributed by atoms with van der Waals surface area (Å²) in [6.45, 7) is 3.35. The van der Waals surface area contributed by atoms with E-state index < -0.39 is 22.0 Å². The van der Waals surface area contributed by atoms with Crippen molar-refractivity contribution in [3.05, 3.63) is 29.3 Å². The molecule has 0 spiro atoms. The van der Waals surface area contributed by atoms with Crippen molar-refractivity contribution in [3.8, 4) is 6.07 Å². The summed E-state index contributed by atoms with van der Waals surface area (Å²) >= 11 is 0. The highest BCUT2D eigenvalue weighted by molar-refractivity contribution is 7.89. The Hall–Kier alpha value is -1.91. The first-order valence-electron chi connectivity index (χ1n) is 6.05. The van der Waals surface area contributed by atoms with Crippen LogP contribution in [0.2, 0.25) is 0 Å². The molecule has 0 aliphatic rings. The van der Waals surface area contributed by atoms with Crippen molar-refractivity contribution < 1.29 is 18.3 Å². The maximum Gasteiger partial charge on any atom is 0.304 e. The molecule has 0 aliphatic carbocycles. The molecule has 0 radical (unpaired) electrons. The Labute approximate surface area is 118 Å². The first-order chi connectivity index (χ1) is 9.30. The summed E-state index contributed by atoms with van der Waals surface area (Å²) in [4.78, 5) is 10.7. The Morgan fingerprint density at radius 2 is 2.15 bits per heavy atom. The second-order valence-electron chi connectivity index (χ2n) is 4.41. The molecule has 108 valence electrons. The predicted molar refractivity (Wildman–Crippen MR) is 72.5 cm³/mol. The standard InChI is InChI=1S/C13H16N2O4S/c1-3-11(7-13(16)17)15-20(18,19)12-5-4-10(8-14)9(2)6-12/h4-6,11,15H,3,7H2,1-2H3,(H,16,17). The van der Waals surface area contributed by atoms with Crippen molar-refractivity contribution in [2.75, 3.05) is 0 Å². The zero-order valence-electron chi connectivity index (χ0n) is 11.3. The molecule has 0 fully saturated rings. The zero-order valence-corrected chi connectivity index (χ0v) is 12.1. The number of rotatable bonds is 6. The molecule has 0 amide bonds. The van der Waals surface area contributed by atoms with Crippen molar-refractivity contribution in [1.82, 2.24) is 4.72 Å². The van der Waals surface area contributed by atoms with Gasteiger partial charge in [0.05, 0.1) is 22.9 Å². The normalized spacial score (nSPS) is 12.7. The highest BCUT2D eigenvalue weighted by Crippen LogP contribution is 2.16. The minimum Gasteiger partial charge on any atom is -0.481 e. The van der Waals surface area contributed by atoms with Crippen LogP contribution in [-0.4, -0.2) is 25.5 Å². The van der Waals surface area contributed by atoms with Crippen LogP contribution >= 0.6 is 0 Å². The van der Waals surface area contributed by atoms with Gasteiger partial charge in [0.2, 0.25) is 10.0 Å². The number of nitriles is 1. The molecule has 1 aromatic rings. The molecule has 0 aromatic heterocycles. The van der Waals surface area contributed by atoms with E-state index in [1.165, 1.54) is 18.2 Å². The number of carbonyl (C=O) groups is 1. The molecule has 6 nitrogen and oxygen atoms in total. The van der Waals surface area contributed by atoms with Crippen LogP contribution in [0.25, 0.3) is 0 Å². The lowest BCUT2D eigenvalue weighted by Gasteiger charge is -2.15. The van der Waals surface area contributed by atoms with Gasteiger partial charge in [-0.3, -0.25) is 4.79 Å². The van der Waals surface area contributed by atoms with E-state index in [4.69, 9.17) is 10.4 Å². The largest absolute Gasteiger partial charge is 0.481 e. The van der Waals surface area contributed by atoms with Gasteiger partial charge >= 0.3 is 5.97 Å². The van der Waals surface area contributed by atoms with Crippen molar-refractivity contribution in [2.24, 2.45) is 0 Å². The molecule has 1 atom stereocenters. The quantitative estimate of drug-likeness (QED) is 0.825. The third-order valence-corrected chi connectivity index (χ3v) is 4.38. The monoisotopic (exact) mass is 296 g/mol. The Bertz CT molecular complexity index is 647. The molecule has 20 heavy (non-hydrogen) atoms. The highest BCUT2D eigenvalue weighted by atomic mass is 32.2. The van der Waals surface area contributed by atoms with E-state index in [-0.39, 0.29) is 11.3 Å². The average Bonchev–Trinajstić information content (AvgIpc) is 2.36. The van der Waals surface area contributed by atoms with Gasteiger partial charge in [-0.1, -0.05) is 6.92 Å². The minimum atomic E-state index is -3.79. The lowest BCUT2D eigenvalue weighted by atomic mass is 10.1. The van der Waals surface area contributed by atoms with Crippen LogP contribution in [-0.2, 0) is 14.8 Å². The van der Waals surface area contributed by atoms with Crippen LogP contribution in [0.4, 0.5) is 0 Å². The number of sulfonamides is 1. The topological polar surface area (TPSA) is 107 Å². The number of nitrogens with one attached hydrogen (secondary N) is 1. The fraction of sp³-hybridized carbons (Fsp3) is 0.385. The van der Waals surface area contributed by atoms with Crippen LogP contribution in [0.15, 0.2) is 23.1 Å². The summed E-state index contributed by atoms with van der Waals surface area (Å²) in [6, 6.07) is 5.46. The summed E-state index contributed by atoms with van der Waals surface area (Å²) in [5.74, 6) is -1.06. The van der Waals surface area contributed by atoms with Crippen molar-refractivity contribution in [2.45, 2.75) is 37.6 Å². The predicted octanol–water partition coefficient (Wildman–Crippen LogP) is 1.40. The number of carboxylic acids is 1. The second-order valence-corrected chi connectivity index (χ2v) is 6.13. The molecule has 1 rings (SSSR count). The van der Waals surface area contributed by atoms with E-state index in [1.54, 1.807) is 13.8 Å². The van der Waals surface area contributed by atoms with Gasteiger partial charge in [-0.15, -0.1) is 0 Å². The molecule has 1 aromatic carbocycles. The molecule has 2 N–H and O–H groups in total. The summed E-state index contributed by atoms with van der Waals surface area (Å²) < 4.78 is 26.7. The van der Waals surface area contributed by atoms with Gasteiger partial charge < -0.3 is 5.11 Å². The Kier molecular flexibility index (Phi) is 5.25. The molecular formula is C13H16N2O4S. The van der Waals surface area contributed by atoms with Gasteiger partial charge in [0, 0.05) is 6.04 Å². The summed E-state index contributed by atoms with van der Waals surface area (Å²) in [6.07, 6.45) is 0.103. The summed E-state index contributed by atoms with van der Waals surface area (Å²) in [5, 5.41) is 17.5. The third kappa shape index (κ3) is 4.05. The molecule has 7 heteroatoms. The number of nitrogens with zero attached hydrogens (tertiary/aromatic N) is 1. The van der Waals surface area contributed by atoms with Gasteiger partial charge in [0.25, 0.3) is 0 Å². The lowest BCUT2D eigenvalue weighted by molar-refractivity contribution is -0.137.